The Kier molecular flexibility index (Phi) is 6.30. The van der Waals surface area contributed by atoms with Gasteiger partial charge in [-0.1, -0.05) is 12.1 Å². The molecule has 4 rings (SSSR count). The van der Waals surface area contributed by atoms with Crippen molar-refractivity contribution in [2.45, 2.75) is 31.6 Å². The first-order valence-corrected chi connectivity index (χ1v) is 10.6. The molecular formula is C24H29N3O4. The van der Waals surface area contributed by atoms with E-state index >= 15 is 0 Å². The molecule has 1 fully saturated rings. The van der Waals surface area contributed by atoms with E-state index in [2.05, 4.69) is 4.98 Å². The number of aryl methyl sites for hydroxylation is 1. The number of aromatic nitrogens is 2. The summed E-state index contributed by atoms with van der Waals surface area (Å²) in [6.07, 6.45) is 3.07. The van der Waals surface area contributed by atoms with Gasteiger partial charge in [0.1, 0.15) is 5.82 Å². The van der Waals surface area contributed by atoms with Crippen LogP contribution in [0.3, 0.4) is 0 Å². The Morgan fingerprint density at radius 1 is 1.13 bits per heavy atom. The molecule has 7 heteroatoms. The molecule has 1 aliphatic rings. The third-order valence-electron chi connectivity index (χ3n) is 5.92. The first-order valence-electron chi connectivity index (χ1n) is 10.6. The smallest absolute Gasteiger partial charge is 0.222 e. The number of aromatic amines is 1. The molecule has 1 unspecified atom stereocenters. The third-order valence-corrected chi connectivity index (χ3v) is 5.92. The van der Waals surface area contributed by atoms with Gasteiger partial charge in [-0.3, -0.25) is 4.79 Å². The van der Waals surface area contributed by atoms with Crippen LogP contribution in [0, 0.1) is 0 Å². The van der Waals surface area contributed by atoms with Crippen molar-refractivity contribution < 1.29 is 19.0 Å². The zero-order chi connectivity index (χ0) is 21.8. The van der Waals surface area contributed by atoms with Gasteiger partial charge in [0.15, 0.2) is 11.5 Å². The van der Waals surface area contributed by atoms with Gasteiger partial charge in [-0.2, -0.15) is 0 Å². The minimum absolute atomic E-state index is 0.162. The molecule has 7 nitrogen and oxygen atoms in total. The molecule has 2 heterocycles. The first-order chi connectivity index (χ1) is 15.1. The van der Waals surface area contributed by atoms with Crippen molar-refractivity contribution in [3.05, 3.63) is 47.8 Å². The van der Waals surface area contributed by atoms with E-state index in [0.29, 0.717) is 36.6 Å². The molecule has 1 N–H and O–H groups in total. The second-order valence-corrected chi connectivity index (χ2v) is 7.85. The minimum Gasteiger partial charge on any atom is -0.493 e. The summed E-state index contributed by atoms with van der Waals surface area (Å²) in [6, 6.07) is 11.9. The Labute approximate surface area is 182 Å². The lowest BCUT2D eigenvalue weighted by Crippen LogP contribution is -2.39. The number of rotatable bonds is 7. The normalized spacial score (nSPS) is 16.4. The van der Waals surface area contributed by atoms with Crippen molar-refractivity contribution in [3.63, 3.8) is 0 Å². The van der Waals surface area contributed by atoms with Crippen LogP contribution in [-0.4, -0.2) is 55.2 Å². The van der Waals surface area contributed by atoms with Gasteiger partial charge in [0.2, 0.25) is 11.7 Å². The van der Waals surface area contributed by atoms with Crippen LogP contribution < -0.4 is 14.2 Å². The van der Waals surface area contributed by atoms with Crippen molar-refractivity contribution in [2.24, 2.45) is 0 Å². The van der Waals surface area contributed by atoms with Gasteiger partial charge in [0.25, 0.3) is 0 Å². The van der Waals surface area contributed by atoms with Crippen molar-refractivity contribution in [3.8, 4) is 17.2 Å². The number of carbonyl (C=O) groups excluding carboxylic acids is 1. The number of nitrogens with one attached hydrogen (secondary N) is 1. The summed E-state index contributed by atoms with van der Waals surface area (Å²) in [5, 5.41) is 0. The number of benzene rings is 2. The number of methoxy groups -OCH3 is 3. The van der Waals surface area contributed by atoms with E-state index in [9.17, 15) is 4.79 Å². The summed E-state index contributed by atoms with van der Waals surface area (Å²) >= 11 is 0. The largest absolute Gasteiger partial charge is 0.493 e. The number of para-hydroxylation sites is 2. The van der Waals surface area contributed by atoms with Crippen molar-refractivity contribution in [1.82, 2.24) is 14.9 Å². The maximum absolute atomic E-state index is 13.0. The molecule has 31 heavy (non-hydrogen) atoms. The number of hydrogen-bond donors (Lipinski definition) is 1. The summed E-state index contributed by atoms with van der Waals surface area (Å²) < 4.78 is 16.2. The second kappa shape index (κ2) is 9.29. The topological polar surface area (TPSA) is 76.7 Å². The number of amides is 1. The van der Waals surface area contributed by atoms with E-state index in [4.69, 9.17) is 19.2 Å². The highest BCUT2D eigenvalue weighted by molar-refractivity contribution is 5.77. The van der Waals surface area contributed by atoms with Gasteiger partial charge in [-0.05, 0) is 49.1 Å². The van der Waals surface area contributed by atoms with Crippen molar-refractivity contribution >= 4 is 16.9 Å². The number of hydrogen-bond acceptors (Lipinski definition) is 5. The van der Waals surface area contributed by atoms with Crippen molar-refractivity contribution in [1.29, 1.82) is 0 Å². The van der Waals surface area contributed by atoms with Crippen LogP contribution in [0.2, 0.25) is 0 Å². The Balaban J connectivity index is 1.41. The molecule has 3 aromatic rings. The van der Waals surface area contributed by atoms with Gasteiger partial charge in [-0.15, -0.1) is 0 Å². The molecule has 0 radical (unpaired) electrons. The van der Waals surface area contributed by atoms with Crippen LogP contribution in [0.4, 0.5) is 0 Å². The average molecular weight is 424 g/mol. The Morgan fingerprint density at radius 2 is 1.87 bits per heavy atom. The lowest BCUT2D eigenvalue weighted by Gasteiger charge is -2.32. The molecule has 1 aliphatic heterocycles. The molecule has 1 amide bonds. The Bertz CT molecular complexity index is 1000. The standard InChI is InChI=1S/C24H29N3O4/c1-29-20-13-16(14-21(30-2)23(20)31-3)10-11-22(28)27-12-6-7-17(15-27)24-25-18-8-4-5-9-19(18)26-24/h4-5,8-9,13-14,17H,6-7,10-12,15H2,1-3H3,(H,25,26). The number of ether oxygens (including phenoxy) is 3. The van der Waals surface area contributed by atoms with E-state index < -0.39 is 0 Å². The van der Waals surface area contributed by atoms with Gasteiger partial charge < -0.3 is 24.1 Å². The predicted octanol–water partition coefficient (Wildman–Crippen LogP) is 3.93. The second-order valence-electron chi connectivity index (χ2n) is 7.85. The fraction of sp³-hybridized carbons (Fsp3) is 0.417. The molecule has 0 aliphatic carbocycles. The van der Waals surface area contributed by atoms with Crippen LogP contribution in [0.5, 0.6) is 17.2 Å². The van der Waals surface area contributed by atoms with Crippen molar-refractivity contribution in [2.75, 3.05) is 34.4 Å². The highest BCUT2D eigenvalue weighted by Gasteiger charge is 2.26. The van der Waals surface area contributed by atoms with E-state index in [-0.39, 0.29) is 11.8 Å². The van der Waals surface area contributed by atoms with Crippen LogP contribution in [0.1, 0.15) is 36.6 Å². The average Bonchev–Trinajstić information content (AvgIpc) is 3.26. The monoisotopic (exact) mass is 423 g/mol. The molecule has 0 saturated carbocycles. The van der Waals surface area contributed by atoms with Gasteiger partial charge in [0, 0.05) is 25.4 Å². The fourth-order valence-corrected chi connectivity index (χ4v) is 4.28. The molecule has 1 atom stereocenters. The lowest BCUT2D eigenvalue weighted by molar-refractivity contribution is -0.132. The molecule has 0 spiro atoms. The molecule has 1 saturated heterocycles. The summed E-state index contributed by atoms with van der Waals surface area (Å²) in [6.45, 7) is 1.50. The number of nitrogens with zero attached hydrogens (tertiary/aromatic N) is 2. The molecule has 0 bridgehead atoms. The number of imidazole rings is 1. The van der Waals surface area contributed by atoms with Crippen LogP contribution in [0.15, 0.2) is 36.4 Å². The number of piperidine rings is 1. The predicted molar refractivity (Wildman–Crippen MR) is 119 cm³/mol. The Hall–Kier alpha value is -3.22. The zero-order valence-electron chi connectivity index (χ0n) is 18.3. The molecule has 1 aromatic heterocycles. The SMILES string of the molecule is COc1cc(CCC(=O)N2CCCC(c3nc4ccccc4[nH]3)C2)cc(OC)c1OC. The van der Waals surface area contributed by atoms with Crippen LogP contribution in [0.25, 0.3) is 11.0 Å². The summed E-state index contributed by atoms with van der Waals surface area (Å²) in [5.74, 6) is 3.15. The minimum atomic E-state index is 0.162. The first kappa shape index (κ1) is 21.0. The zero-order valence-corrected chi connectivity index (χ0v) is 18.3. The summed E-state index contributed by atoms with van der Waals surface area (Å²) in [7, 11) is 4.77. The number of H-pyrrole nitrogens is 1. The number of fused-ring (bicyclic) bond motifs is 1. The van der Waals surface area contributed by atoms with Gasteiger partial charge >= 0.3 is 0 Å². The Morgan fingerprint density at radius 3 is 2.55 bits per heavy atom. The van der Waals surface area contributed by atoms with Gasteiger partial charge in [-0.25, -0.2) is 4.98 Å². The molecule has 164 valence electrons. The van der Waals surface area contributed by atoms with E-state index in [1.54, 1.807) is 21.3 Å². The quantitative estimate of drug-likeness (QED) is 0.623. The number of carbonyl (C=O) groups is 1. The van der Waals surface area contributed by atoms with Gasteiger partial charge in [0.05, 0.1) is 32.4 Å². The molecule has 2 aromatic carbocycles. The summed E-state index contributed by atoms with van der Waals surface area (Å²) in [4.78, 5) is 23.1. The number of likely N-dealkylation sites (tertiary alicyclic amines) is 1. The lowest BCUT2D eigenvalue weighted by atomic mass is 9.96. The fourth-order valence-electron chi connectivity index (χ4n) is 4.28. The van der Waals surface area contributed by atoms with Crippen LogP contribution >= 0.6 is 0 Å². The third kappa shape index (κ3) is 4.45. The van der Waals surface area contributed by atoms with E-state index in [0.717, 1.165) is 41.8 Å². The maximum Gasteiger partial charge on any atom is 0.222 e. The highest BCUT2D eigenvalue weighted by Crippen LogP contribution is 2.38. The maximum atomic E-state index is 13.0. The highest BCUT2D eigenvalue weighted by atomic mass is 16.5. The van der Waals surface area contributed by atoms with E-state index in [1.165, 1.54) is 0 Å². The van der Waals surface area contributed by atoms with E-state index in [1.807, 2.05) is 41.3 Å². The van der Waals surface area contributed by atoms with Crippen LogP contribution in [-0.2, 0) is 11.2 Å². The summed E-state index contributed by atoms with van der Waals surface area (Å²) in [5.41, 5.74) is 3.00. The molecular weight excluding hydrogens is 394 g/mol.